The molecule has 0 fully saturated rings. The van der Waals surface area contributed by atoms with Gasteiger partial charge >= 0.3 is 0 Å². The number of hydrogen-bond donors (Lipinski definition) is 0. The van der Waals surface area contributed by atoms with Crippen molar-refractivity contribution in [2.24, 2.45) is 0 Å². The van der Waals surface area contributed by atoms with Gasteiger partial charge in [-0.1, -0.05) is 15.9 Å². The molecule has 0 aliphatic carbocycles. The SMILES string of the molecule is CSc1cc2sc(Br)cc2cc1CBr. The van der Waals surface area contributed by atoms with Crippen molar-refractivity contribution in [1.82, 2.24) is 0 Å². The van der Waals surface area contributed by atoms with Crippen LogP contribution in [0.2, 0.25) is 0 Å². The minimum atomic E-state index is 0.923. The highest BCUT2D eigenvalue weighted by Crippen LogP contribution is 2.35. The monoisotopic (exact) mass is 350 g/mol. The lowest BCUT2D eigenvalue weighted by Crippen LogP contribution is -1.81. The third kappa shape index (κ3) is 2.03. The summed E-state index contributed by atoms with van der Waals surface area (Å²) in [5.74, 6) is 0. The van der Waals surface area contributed by atoms with Gasteiger partial charge in [-0.15, -0.1) is 23.1 Å². The Hall–Kier alpha value is 0.490. The van der Waals surface area contributed by atoms with Crippen LogP contribution in [0.5, 0.6) is 0 Å². The zero-order chi connectivity index (χ0) is 10.1. The molecule has 1 aromatic heterocycles. The molecule has 0 saturated heterocycles. The minimum Gasteiger partial charge on any atom is -0.129 e. The second-order valence-electron chi connectivity index (χ2n) is 2.89. The van der Waals surface area contributed by atoms with Crippen LogP contribution in [0.4, 0.5) is 0 Å². The summed E-state index contributed by atoms with van der Waals surface area (Å²) in [7, 11) is 0. The maximum Gasteiger partial charge on any atom is 0.0711 e. The van der Waals surface area contributed by atoms with Crippen molar-refractivity contribution >= 4 is 65.0 Å². The molecule has 0 aliphatic heterocycles. The van der Waals surface area contributed by atoms with E-state index in [0.29, 0.717) is 0 Å². The van der Waals surface area contributed by atoms with E-state index >= 15 is 0 Å². The zero-order valence-electron chi connectivity index (χ0n) is 7.51. The molecule has 0 atom stereocenters. The molecule has 2 aromatic rings. The number of hydrogen-bond acceptors (Lipinski definition) is 2. The lowest BCUT2D eigenvalue weighted by Gasteiger charge is -2.03. The summed E-state index contributed by atoms with van der Waals surface area (Å²) in [6.07, 6.45) is 2.12. The van der Waals surface area contributed by atoms with E-state index < -0.39 is 0 Å². The molecule has 0 amide bonds. The topological polar surface area (TPSA) is 0 Å². The number of halogens is 2. The predicted molar refractivity (Wildman–Crippen MR) is 73.9 cm³/mol. The van der Waals surface area contributed by atoms with Crippen LogP contribution in [-0.2, 0) is 5.33 Å². The van der Waals surface area contributed by atoms with E-state index in [9.17, 15) is 0 Å². The smallest absolute Gasteiger partial charge is 0.0711 e. The molecule has 0 saturated carbocycles. The summed E-state index contributed by atoms with van der Waals surface area (Å²) in [5, 5.41) is 2.25. The van der Waals surface area contributed by atoms with Crippen molar-refractivity contribution in [3.8, 4) is 0 Å². The van der Waals surface area contributed by atoms with Gasteiger partial charge in [-0.25, -0.2) is 0 Å². The predicted octanol–water partition coefficient (Wildman–Crippen LogP) is 5.28. The highest BCUT2D eigenvalue weighted by molar-refractivity contribution is 9.11. The fourth-order valence-corrected chi connectivity index (χ4v) is 4.31. The van der Waals surface area contributed by atoms with E-state index in [1.807, 2.05) is 0 Å². The molecule has 0 N–H and O–H groups in total. The van der Waals surface area contributed by atoms with Gasteiger partial charge in [0.1, 0.15) is 0 Å². The Morgan fingerprint density at radius 1 is 1.36 bits per heavy atom. The van der Waals surface area contributed by atoms with Gasteiger partial charge in [0.2, 0.25) is 0 Å². The maximum absolute atomic E-state index is 3.52. The molecule has 0 aliphatic rings. The zero-order valence-corrected chi connectivity index (χ0v) is 12.3. The van der Waals surface area contributed by atoms with E-state index in [2.05, 4.69) is 56.3 Å². The fourth-order valence-electron chi connectivity index (χ4n) is 1.38. The Labute approximate surface area is 108 Å². The Balaban J connectivity index is 2.68. The van der Waals surface area contributed by atoms with Crippen molar-refractivity contribution in [2.75, 3.05) is 6.26 Å². The van der Waals surface area contributed by atoms with Crippen molar-refractivity contribution < 1.29 is 0 Å². The molecular formula is C10H8Br2S2. The molecule has 0 unspecified atom stereocenters. The van der Waals surface area contributed by atoms with Gasteiger partial charge in [0, 0.05) is 14.9 Å². The number of thiophene rings is 1. The summed E-state index contributed by atoms with van der Waals surface area (Å²) in [6, 6.07) is 6.71. The van der Waals surface area contributed by atoms with Crippen LogP contribution in [0.3, 0.4) is 0 Å². The number of rotatable bonds is 2. The lowest BCUT2D eigenvalue weighted by atomic mass is 10.2. The summed E-state index contributed by atoms with van der Waals surface area (Å²) in [5.41, 5.74) is 1.37. The summed E-state index contributed by atoms with van der Waals surface area (Å²) in [4.78, 5) is 1.36. The molecule has 1 heterocycles. The maximum atomic E-state index is 3.52. The summed E-state index contributed by atoms with van der Waals surface area (Å²) in [6.45, 7) is 0. The minimum absolute atomic E-state index is 0.923. The number of fused-ring (bicyclic) bond motifs is 1. The first-order valence-corrected chi connectivity index (χ1v) is 8.02. The third-order valence-corrected chi connectivity index (χ3v) is 5.06. The van der Waals surface area contributed by atoms with Gasteiger partial charge in [-0.2, -0.15) is 0 Å². The first-order valence-electron chi connectivity index (χ1n) is 4.06. The molecule has 2 rings (SSSR count). The quantitative estimate of drug-likeness (QED) is 0.523. The van der Waals surface area contributed by atoms with Gasteiger partial charge in [0.15, 0.2) is 0 Å². The third-order valence-electron chi connectivity index (χ3n) is 2.03. The van der Waals surface area contributed by atoms with E-state index in [4.69, 9.17) is 0 Å². The Morgan fingerprint density at radius 3 is 2.79 bits per heavy atom. The van der Waals surface area contributed by atoms with Crippen LogP contribution in [0.1, 0.15) is 5.56 Å². The van der Waals surface area contributed by atoms with Crippen LogP contribution in [0, 0.1) is 0 Å². The van der Waals surface area contributed by atoms with E-state index in [0.717, 1.165) is 5.33 Å². The van der Waals surface area contributed by atoms with Crippen molar-refractivity contribution in [2.45, 2.75) is 10.2 Å². The molecule has 1 aromatic carbocycles. The lowest BCUT2D eigenvalue weighted by molar-refractivity contribution is 1.31. The average Bonchev–Trinajstić information content (AvgIpc) is 2.54. The highest BCUT2D eigenvalue weighted by Gasteiger charge is 2.05. The van der Waals surface area contributed by atoms with Crippen LogP contribution in [-0.4, -0.2) is 6.26 Å². The van der Waals surface area contributed by atoms with E-state index in [-0.39, 0.29) is 0 Å². The van der Waals surface area contributed by atoms with Crippen molar-refractivity contribution in [3.63, 3.8) is 0 Å². The molecule has 0 nitrogen and oxygen atoms in total. The summed E-state index contributed by atoms with van der Waals surface area (Å²) >= 11 is 10.6. The molecule has 4 heteroatoms. The van der Waals surface area contributed by atoms with E-state index in [1.165, 1.54) is 24.3 Å². The van der Waals surface area contributed by atoms with Gasteiger partial charge in [0.25, 0.3) is 0 Å². The van der Waals surface area contributed by atoms with Crippen molar-refractivity contribution in [1.29, 1.82) is 0 Å². The number of alkyl halides is 1. The molecule has 0 bridgehead atoms. The van der Waals surface area contributed by atoms with Gasteiger partial charge in [0.05, 0.1) is 3.79 Å². The molecule has 74 valence electrons. The van der Waals surface area contributed by atoms with Gasteiger partial charge in [-0.3, -0.25) is 0 Å². The molecule has 14 heavy (non-hydrogen) atoms. The Kier molecular flexibility index (Phi) is 3.58. The van der Waals surface area contributed by atoms with Crippen LogP contribution in [0.15, 0.2) is 26.9 Å². The molecule has 0 spiro atoms. The second kappa shape index (κ2) is 4.56. The first-order chi connectivity index (χ1) is 6.74. The van der Waals surface area contributed by atoms with Crippen LogP contribution in [0.25, 0.3) is 10.1 Å². The largest absolute Gasteiger partial charge is 0.129 e. The normalized spacial score (nSPS) is 11.1. The number of thioether (sulfide) groups is 1. The molecular weight excluding hydrogens is 344 g/mol. The fraction of sp³-hybridized carbons (Fsp3) is 0.200. The highest BCUT2D eigenvalue weighted by atomic mass is 79.9. The molecule has 0 radical (unpaired) electrons. The van der Waals surface area contributed by atoms with Gasteiger partial charge in [-0.05, 0) is 51.3 Å². The van der Waals surface area contributed by atoms with E-state index in [1.54, 1.807) is 23.1 Å². The first kappa shape index (κ1) is 11.0. The number of benzene rings is 1. The Bertz CT molecular complexity index is 421. The van der Waals surface area contributed by atoms with Crippen molar-refractivity contribution in [3.05, 3.63) is 27.5 Å². The van der Waals surface area contributed by atoms with Gasteiger partial charge < -0.3 is 0 Å². The van der Waals surface area contributed by atoms with Crippen LogP contribution < -0.4 is 0 Å². The average molecular weight is 352 g/mol. The van der Waals surface area contributed by atoms with Crippen LogP contribution >= 0.6 is 55.0 Å². The Morgan fingerprint density at radius 2 is 2.14 bits per heavy atom. The summed E-state index contributed by atoms with van der Waals surface area (Å²) < 4.78 is 2.55. The standard InChI is InChI=1S/C10H8Br2S2/c1-13-8-4-9-6(2-7(8)5-11)3-10(12)14-9/h2-4H,5H2,1H3. The second-order valence-corrected chi connectivity index (χ2v) is 6.76.